The van der Waals surface area contributed by atoms with Crippen molar-refractivity contribution in [2.45, 2.75) is 32.1 Å². The average molecular weight is 475 g/mol. The highest BCUT2D eigenvalue weighted by molar-refractivity contribution is 9.10. The molecule has 1 fully saturated rings. The van der Waals surface area contributed by atoms with E-state index in [1.54, 1.807) is 0 Å². The van der Waals surface area contributed by atoms with Crippen LogP contribution in [0.15, 0.2) is 16.6 Å². The molecule has 1 saturated carbocycles. The summed E-state index contributed by atoms with van der Waals surface area (Å²) in [6.07, 6.45) is 5.15. The highest BCUT2D eigenvalue weighted by atomic mass is 79.9. The minimum atomic E-state index is -0.464. The molecule has 0 unspecified atom stereocenters. The Labute approximate surface area is 144 Å². The average Bonchev–Trinajstić information content (AvgIpc) is 2.99. The second-order valence-corrected chi connectivity index (χ2v) is 7.59. The van der Waals surface area contributed by atoms with Crippen LogP contribution in [0.5, 0.6) is 0 Å². The predicted octanol–water partition coefficient (Wildman–Crippen LogP) is 6.24. The first-order valence-electron chi connectivity index (χ1n) is 6.78. The number of hydrogen-bond acceptors (Lipinski definition) is 0. The third-order valence-corrected chi connectivity index (χ3v) is 7.27. The SMILES string of the molecule is Fc1ccc(Br)c(F)c1CC(CBr)(CBr)C1CCCC1. The molecule has 112 valence electrons. The summed E-state index contributed by atoms with van der Waals surface area (Å²) in [6, 6.07) is 2.76. The Hall–Kier alpha value is 0.520. The molecule has 0 aliphatic heterocycles. The summed E-state index contributed by atoms with van der Waals surface area (Å²) in [5.41, 5.74) is 0.0732. The molecule has 1 aromatic rings. The van der Waals surface area contributed by atoms with Crippen LogP contribution in [0, 0.1) is 23.0 Å². The number of alkyl halides is 2. The van der Waals surface area contributed by atoms with Crippen molar-refractivity contribution in [2.24, 2.45) is 11.3 Å². The zero-order chi connectivity index (χ0) is 14.8. The van der Waals surface area contributed by atoms with Crippen LogP contribution in [0.1, 0.15) is 31.2 Å². The van der Waals surface area contributed by atoms with E-state index < -0.39 is 11.6 Å². The molecule has 1 aromatic carbocycles. The molecule has 0 radical (unpaired) electrons. The van der Waals surface area contributed by atoms with Gasteiger partial charge in [-0.3, -0.25) is 0 Å². The molecular weight excluding hydrogens is 458 g/mol. The first-order valence-corrected chi connectivity index (χ1v) is 9.82. The number of halogens is 5. The quantitative estimate of drug-likeness (QED) is 0.350. The third-order valence-electron chi connectivity index (χ3n) is 4.42. The summed E-state index contributed by atoms with van der Waals surface area (Å²) in [5, 5.41) is 1.50. The summed E-state index contributed by atoms with van der Waals surface area (Å²) < 4.78 is 28.6. The van der Waals surface area contributed by atoms with Crippen molar-refractivity contribution in [3.8, 4) is 0 Å². The Bertz CT molecular complexity index is 466. The lowest BCUT2D eigenvalue weighted by Gasteiger charge is -2.36. The van der Waals surface area contributed by atoms with Gasteiger partial charge < -0.3 is 0 Å². The van der Waals surface area contributed by atoms with Gasteiger partial charge in [0.15, 0.2) is 0 Å². The normalized spacial score (nSPS) is 16.9. The van der Waals surface area contributed by atoms with Crippen LogP contribution in [0.2, 0.25) is 0 Å². The molecular formula is C15H17Br3F2. The van der Waals surface area contributed by atoms with E-state index in [0.29, 0.717) is 16.8 Å². The third kappa shape index (κ3) is 3.30. The number of rotatable bonds is 5. The first-order chi connectivity index (χ1) is 9.54. The molecule has 0 N–H and O–H groups in total. The molecule has 0 aromatic heterocycles. The standard InChI is InChI=1S/C15H17Br3F2/c16-8-15(9-17,10-3-1-2-4-10)7-11-13(19)6-5-12(18)14(11)20/h5-6,10H,1-4,7-9H2. The molecule has 5 heteroatoms. The Morgan fingerprint density at radius 2 is 1.70 bits per heavy atom. The lowest BCUT2D eigenvalue weighted by atomic mass is 9.73. The van der Waals surface area contributed by atoms with Crippen molar-refractivity contribution in [3.05, 3.63) is 33.8 Å². The summed E-state index contributed by atoms with van der Waals surface area (Å²) >= 11 is 10.3. The van der Waals surface area contributed by atoms with E-state index in [4.69, 9.17) is 0 Å². The summed E-state index contributed by atoms with van der Waals surface area (Å²) in [4.78, 5) is 0. The number of benzene rings is 1. The fourth-order valence-corrected chi connectivity index (χ4v) is 5.73. The van der Waals surface area contributed by atoms with Crippen LogP contribution >= 0.6 is 47.8 Å². The van der Waals surface area contributed by atoms with Crippen molar-refractivity contribution in [2.75, 3.05) is 10.7 Å². The first kappa shape index (κ1) is 16.9. The van der Waals surface area contributed by atoms with E-state index >= 15 is 0 Å². The van der Waals surface area contributed by atoms with Gasteiger partial charge in [0.05, 0.1) is 4.47 Å². The van der Waals surface area contributed by atoms with Crippen LogP contribution in [-0.4, -0.2) is 10.7 Å². The lowest BCUT2D eigenvalue weighted by Crippen LogP contribution is -2.36. The Morgan fingerprint density at radius 1 is 1.10 bits per heavy atom. The topological polar surface area (TPSA) is 0 Å². The molecule has 0 saturated heterocycles. The molecule has 0 heterocycles. The van der Waals surface area contributed by atoms with Crippen LogP contribution in [0.25, 0.3) is 0 Å². The van der Waals surface area contributed by atoms with Crippen LogP contribution in [0.3, 0.4) is 0 Å². The molecule has 2 rings (SSSR count). The largest absolute Gasteiger partial charge is 0.207 e. The van der Waals surface area contributed by atoms with Crippen molar-refractivity contribution < 1.29 is 8.78 Å². The van der Waals surface area contributed by atoms with Gasteiger partial charge in [0.1, 0.15) is 11.6 Å². The predicted molar refractivity (Wildman–Crippen MR) is 89.7 cm³/mol. The van der Waals surface area contributed by atoms with Crippen LogP contribution < -0.4 is 0 Å². The molecule has 1 aliphatic carbocycles. The summed E-state index contributed by atoms with van der Waals surface area (Å²) in [7, 11) is 0. The minimum Gasteiger partial charge on any atom is -0.207 e. The second-order valence-electron chi connectivity index (χ2n) is 5.61. The van der Waals surface area contributed by atoms with Gasteiger partial charge in [0, 0.05) is 16.2 Å². The highest BCUT2D eigenvalue weighted by Crippen LogP contribution is 2.45. The van der Waals surface area contributed by atoms with Gasteiger partial charge in [-0.1, -0.05) is 44.7 Å². The molecule has 0 atom stereocenters. The van der Waals surface area contributed by atoms with Crippen molar-refractivity contribution in [1.82, 2.24) is 0 Å². The smallest absolute Gasteiger partial charge is 0.143 e. The monoisotopic (exact) mass is 472 g/mol. The second kappa shape index (κ2) is 7.19. The van der Waals surface area contributed by atoms with E-state index in [-0.39, 0.29) is 11.0 Å². The van der Waals surface area contributed by atoms with Gasteiger partial charge in [0.2, 0.25) is 0 Å². The maximum atomic E-state index is 14.2. The molecule has 0 spiro atoms. The maximum Gasteiger partial charge on any atom is 0.143 e. The van der Waals surface area contributed by atoms with Gasteiger partial charge in [-0.25, -0.2) is 8.78 Å². The van der Waals surface area contributed by atoms with Gasteiger partial charge in [-0.2, -0.15) is 0 Å². The Kier molecular flexibility index (Phi) is 6.07. The van der Waals surface area contributed by atoms with Gasteiger partial charge in [-0.05, 0) is 58.7 Å². The van der Waals surface area contributed by atoms with E-state index in [1.165, 1.54) is 25.0 Å². The van der Waals surface area contributed by atoms with Crippen molar-refractivity contribution >= 4 is 47.8 Å². The Morgan fingerprint density at radius 3 is 2.25 bits per heavy atom. The van der Waals surface area contributed by atoms with Gasteiger partial charge in [-0.15, -0.1) is 0 Å². The molecule has 0 bridgehead atoms. The van der Waals surface area contributed by atoms with Crippen LogP contribution in [0.4, 0.5) is 8.78 Å². The van der Waals surface area contributed by atoms with Gasteiger partial charge >= 0.3 is 0 Å². The zero-order valence-electron chi connectivity index (χ0n) is 11.1. The molecule has 0 nitrogen and oxygen atoms in total. The molecule has 1 aliphatic rings. The van der Waals surface area contributed by atoms with E-state index in [0.717, 1.165) is 23.5 Å². The van der Waals surface area contributed by atoms with Crippen molar-refractivity contribution in [1.29, 1.82) is 0 Å². The molecule has 0 amide bonds. The number of hydrogen-bond donors (Lipinski definition) is 0. The van der Waals surface area contributed by atoms with E-state index in [2.05, 4.69) is 47.8 Å². The lowest BCUT2D eigenvalue weighted by molar-refractivity contribution is 0.228. The van der Waals surface area contributed by atoms with Crippen molar-refractivity contribution in [3.63, 3.8) is 0 Å². The fraction of sp³-hybridized carbons (Fsp3) is 0.600. The van der Waals surface area contributed by atoms with Gasteiger partial charge in [0.25, 0.3) is 0 Å². The van der Waals surface area contributed by atoms with E-state index in [1.807, 2.05) is 0 Å². The Balaban J connectivity index is 2.35. The zero-order valence-corrected chi connectivity index (χ0v) is 15.8. The van der Waals surface area contributed by atoms with E-state index in [9.17, 15) is 8.78 Å². The highest BCUT2D eigenvalue weighted by Gasteiger charge is 2.40. The summed E-state index contributed by atoms with van der Waals surface area (Å²) in [6.45, 7) is 0. The molecule has 20 heavy (non-hydrogen) atoms. The minimum absolute atomic E-state index is 0.126. The summed E-state index contributed by atoms with van der Waals surface area (Å²) in [5.74, 6) is -0.400. The maximum absolute atomic E-state index is 14.2. The van der Waals surface area contributed by atoms with Crippen LogP contribution in [-0.2, 0) is 6.42 Å². The fourth-order valence-electron chi connectivity index (χ4n) is 3.11.